The van der Waals surface area contributed by atoms with Gasteiger partial charge in [-0.25, -0.2) is 4.98 Å². The van der Waals surface area contributed by atoms with Gasteiger partial charge in [-0.1, -0.05) is 18.2 Å². The molecule has 168 valence electrons. The van der Waals surface area contributed by atoms with Crippen LogP contribution >= 0.6 is 0 Å². The molecule has 8 nitrogen and oxygen atoms in total. The Morgan fingerprint density at radius 1 is 1.06 bits per heavy atom. The maximum Gasteiger partial charge on any atom is 0.257 e. The summed E-state index contributed by atoms with van der Waals surface area (Å²) in [5.74, 6) is 0.979. The molecule has 3 aromatic heterocycles. The van der Waals surface area contributed by atoms with E-state index in [1.54, 1.807) is 17.5 Å². The number of para-hydroxylation sites is 2. The van der Waals surface area contributed by atoms with Crippen LogP contribution in [0.5, 0.6) is 0 Å². The summed E-state index contributed by atoms with van der Waals surface area (Å²) in [6.45, 7) is 5.98. The molecule has 1 saturated heterocycles. The monoisotopic (exact) mass is 442 g/mol. The Morgan fingerprint density at radius 2 is 1.79 bits per heavy atom. The molecular weight excluding hydrogens is 416 g/mol. The van der Waals surface area contributed by atoms with Crippen LogP contribution in [-0.4, -0.2) is 62.8 Å². The number of β-amino-alcohol motifs (C(OH)–C–C–N with tert-alkyl or cyclic N) is 1. The van der Waals surface area contributed by atoms with E-state index in [1.807, 2.05) is 47.0 Å². The summed E-state index contributed by atoms with van der Waals surface area (Å²) in [5.41, 5.74) is 3.05. The summed E-state index contributed by atoms with van der Waals surface area (Å²) in [7, 11) is 0. The summed E-state index contributed by atoms with van der Waals surface area (Å²) >= 11 is 0. The molecule has 5 rings (SSSR count). The zero-order valence-corrected chi connectivity index (χ0v) is 18.6. The number of anilines is 1. The molecule has 0 unspecified atom stereocenters. The topological polar surface area (TPSA) is 89.8 Å². The standard InChI is InChI=1S/C25H26N6O2/c1-18-14-24(33)31-22-7-3-2-6-21(22)30(25(31)20(18)15-26)17-19(32)16-28-10-12-29(13-11-28)23-8-4-5-9-27-23/h2-9,14,19,32H,10-13,16-17H2,1H3/t19-/m0/s1. The number of aliphatic hydroxyl groups is 1. The normalized spacial score (nSPS) is 15.7. The third-order valence-electron chi connectivity index (χ3n) is 6.38. The van der Waals surface area contributed by atoms with Gasteiger partial charge in [0.05, 0.1) is 29.2 Å². The number of hydrogen-bond acceptors (Lipinski definition) is 6. The van der Waals surface area contributed by atoms with Crippen LogP contribution < -0.4 is 10.5 Å². The molecule has 4 aromatic rings. The number of aromatic nitrogens is 3. The molecule has 0 spiro atoms. The van der Waals surface area contributed by atoms with Gasteiger partial charge in [-0.05, 0) is 36.8 Å². The Labute approximate surface area is 191 Å². The second-order valence-corrected chi connectivity index (χ2v) is 8.54. The number of aliphatic hydroxyl groups excluding tert-OH is 1. The quantitative estimate of drug-likeness (QED) is 0.509. The molecule has 1 aliphatic heterocycles. The Hall–Kier alpha value is -3.67. The van der Waals surface area contributed by atoms with Crippen molar-refractivity contribution in [1.29, 1.82) is 5.26 Å². The van der Waals surface area contributed by atoms with Gasteiger partial charge in [-0.2, -0.15) is 5.26 Å². The summed E-state index contributed by atoms with van der Waals surface area (Å²) in [6.07, 6.45) is 1.16. The van der Waals surface area contributed by atoms with E-state index >= 15 is 0 Å². The van der Waals surface area contributed by atoms with Gasteiger partial charge in [0.15, 0.2) is 0 Å². The van der Waals surface area contributed by atoms with Crippen molar-refractivity contribution in [3.05, 3.63) is 76.2 Å². The van der Waals surface area contributed by atoms with E-state index in [-0.39, 0.29) is 5.56 Å². The molecular formula is C25H26N6O2. The molecule has 1 atom stereocenters. The number of nitriles is 1. The molecule has 0 saturated carbocycles. The van der Waals surface area contributed by atoms with Gasteiger partial charge in [0.1, 0.15) is 17.5 Å². The van der Waals surface area contributed by atoms with E-state index in [9.17, 15) is 15.2 Å². The van der Waals surface area contributed by atoms with Crippen LogP contribution in [0.4, 0.5) is 5.82 Å². The first-order valence-electron chi connectivity index (χ1n) is 11.2. The molecule has 1 fully saturated rings. The highest BCUT2D eigenvalue weighted by molar-refractivity contribution is 5.84. The van der Waals surface area contributed by atoms with Crippen LogP contribution in [0.2, 0.25) is 0 Å². The predicted molar refractivity (Wildman–Crippen MR) is 128 cm³/mol. The Balaban J connectivity index is 1.39. The minimum Gasteiger partial charge on any atom is -0.390 e. The lowest BCUT2D eigenvalue weighted by molar-refractivity contribution is 0.0967. The molecule has 8 heteroatoms. The fourth-order valence-electron chi connectivity index (χ4n) is 4.79. The fourth-order valence-corrected chi connectivity index (χ4v) is 4.79. The van der Waals surface area contributed by atoms with E-state index in [1.165, 1.54) is 6.07 Å². The van der Waals surface area contributed by atoms with E-state index in [0.717, 1.165) is 43.0 Å². The number of fused-ring (bicyclic) bond motifs is 3. The fraction of sp³-hybridized carbons (Fsp3) is 0.320. The number of hydrogen-bond donors (Lipinski definition) is 1. The first kappa shape index (κ1) is 21.2. The lowest BCUT2D eigenvalue weighted by atomic mass is 10.1. The van der Waals surface area contributed by atoms with Crippen LogP contribution in [-0.2, 0) is 6.54 Å². The Morgan fingerprint density at radius 3 is 2.48 bits per heavy atom. The van der Waals surface area contributed by atoms with Crippen molar-refractivity contribution in [1.82, 2.24) is 18.9 Å². The van der Waals surface area contributed by atoms with Gasteiger partial charge in [-0.15, -0.1) is 0 Å². The highest BCUT2D eigenvalue weighted by Gasteiger charge is 2.23. The molecule has 1 N–H and O–H groups in total. The van der Waals surface area contributed by atoms with Crippen LogP contribution in [0.3, 0.4) is 0 Å². The van der Waals surface area contributed by atoms with Crippen molar-refractivity contribution in [3.63, 3.8) is 0 Å². The van der Waals surface area contributed by atoms with Gasteiger partial charge in [0.25, 0.3) is 5.56 Å². The van der Waals surface area contributed by atoms with Gasteiger partial charge in [-0.3, -0.25) is 14.1 Å². The smallest absolute Gasteiger partial charge is 0.257 e. The first-order valence-corrected chi connectivity index (χ1v) is 11.2. The lowest BCUT2D eigenvalue weighted by Crippen LogP contribution is -2.49. The van der Waals surface area contributed by atoms with Crippen molar-refractivity contribution < 1.29 is 5.11 Å². The highest BCUT2D eigenvalue weighted by atomic mass is 16.3. The Kier molecular flexibility index (Phi) is 5.58. The molecule has 0 radical (unpaired) electrons. The number of nitrogens with zero attached hydrogens (tertiary/aromatic N) is 6. The number of imidazole rings is 1. The summed E-state index contributed by atoms with van der Waals surface area (Å²) in [5, 5.41) is 20.8. The number of benzene rings is 1. The third kappa shape index (κ3) is 3.86. The van der Waals surface area contributed by atoms with Crippen molar-refractivity contribution in [2.24, 2.45) is 0 Å². The number of pyridine rings is 2. The van der Waals surface area contributed by atoms with E-state index in [2.05, 4.69) is 20.9 Å². The summed E-state index contributed by atoms with van der Waals surface area (Å²) in [4.78, 5) is 21.7. The first-order chi connectivity index (χ1) is 16.1. The van der Waals surface area contributed by atoms with Crippen molar-refractivity contribution >= 4 is 22.5 Å². The average Bonchev–Trinajstić information content (AvgIpc) is 3.15. The van der Waals surface area contributed by atoms with Crippen LogP contribution in [0.25, 0.3) is 16.7 Å². The van der Waals surface area contributed by atoms with Crippen molar-refractivity contribution in [2.75, 3.05) is 37.6 Å². The molecule has 1 aromatic carbocycles. The number of piperazine rings is 1. The minimum absolute atomic E-state index is 0.170. The van der Waals surface area contributed by atoms with Crippen molar-refractivity contribution in [3.8, 4) is 6.07 Å². The Bertz CT molecular complexity index is 1390. The highest BCUT2D eigenvalue weighted by Crippen LogP contribution is 2.24. The minimum atomic E-state index is -0.645. The molecule has 0 amide bonds. The maximum atomic E-state index is 12.8. The van der Waals surface area contributed by atoms with E-state index < -0.39 is 6.10 Å². The van der Waals surface area contributed by atoms with Gasteiger partial charge in [0.2, 0.25) is 0 Å². The zero-order valence-electron chi connectivity index (χ0n) is 18.6. The SMILES string of the molecule is Cc1cc(=O)n2c3ccccc3n(C[C@@H](O)CN3CCN(c4ccccn4)CC3)c2c1C#N. The summed E-state index contributed by atoms with van der Waals surface area (Å²) < 4.78 is 3.50. The van der Waals surface area contributed by atoms with Crippen LogP contribution in [0.15, 0.2) is 59.5 Å². The average molecular weight is 443 g/mol. The molecule has 4 heterocycles. The van der Waals surface area contributed by atoms with E-state index in [0.29, 0.717) is 29.9 Å². The summed E-state index contributed by atoms with van der Waals surface area (Å²) in [6, 6.07) is 17.3. The second-order valence-electron chi connectivity index (χ2n) is 8.54. The van der Waals surface area contributed by atoms with Gasteiger partial charge >= 0.3 is 0 Å². The third-order valence-corrected chi connectivity index (χ3v) is 6.38. The lowest BCUT2D eigenvalue weighted by Gasteiger charge is -2.36. The molecule has 0 aliphatic carbocycles. The van der Waals surface area contributed by atoms with Crippen LogP contribution in [0, 0.1) is 18.3 Å². The molecule has 0 bridgehead atoms. The van der Waals surface area contributed by atoms with Crippen molar-refractivity contribution in [2.45, 2.75) is 19.6 Å². The van der Waals surface area contributed by atoms with Gasteiger partial charge < -0.3 is 14.6 Å². The predicted octanol–water partition coefficient (Wildman–Crippen LogP) is 2.01. The number of rotatable bonds is 5. The number of aryl methyl sites for hydroxylation is 1. The molecule has 33 heavy (non-hydrogen) atoms. The van der Waals surface area contributed by atoms with E-state index in [4.69, 9.17) is 0 Å². The second kappa shape index (κ2) is 8.70. The van der Waals surface area contributed by atoms with Crippen LogP contribution in [0.1, 0.15) is 11.1 Å². The largest absolute Gasteiger partial charge is 0.390 e. The zero-order chi connectivity index (χ0) is 22.9. The van der Waals surface area contributed by atoms with Gasteiger partial charge in [0, 0.05) is 45.0 Å². The molecule has 1 aliphatic rings. The maximum absolute atomic E-state index is 12.8.